The first-order valence-electron chi connectivity index (χ1n) is 20.1. The lowest BCUT2D eigenvalue weighted by atomic mass is 9.33. The summed E-state index contributed by atoms with van der Waals surface area (Å²) in [5.74, 6) is 0. The van der Waals surface area contributed by atoms with Crippen LogP contribution in [0.4, 0.5) is 0 Å². The average Bonchev–Trinajstić information content (AvgIpc) is 3.16. The van der Waals surface area contributed by atoms with Crippen molar-refractivity contribution < 1.29 is 0 Å². The van der Waals surface area contributed by atoms with Gasteiger partial charge < -0.3 is 0 Å². The molecular weight excluding hydrogens is 671 g/mol. The van der Waals surface area contributed by atoms with E-state index in [2.05, 4.69) is 196 Å². The summed E-state index contributed by atoms with van der Waals surface area (Å²) in [7, 11) is 0. The first-order chi connectivity index (χ1) is 27.0. The molecule has 0 bridgehead atoms. The molecule has 56 heavy (non-hydrogen) atoms. The van der Waals surface area contributed by atoms with E-state index in [9.17, 15) is 0 Å². The maximum absolute atomic E-state index is 2.57. The van der Waals surface area contributed by atoms with Crippen molar-refractivity contribution in [3.8, 4) is 33.4 Å². The van der Waals surface area contributed by atoms with Gasteiger partial charge in [-0.2, -0.15) is 0 Å². The standard InChI is InChI=1S/C55H49B/c1-32-26-37(6)54(38(7)27-32)56(55-39(8)28-33(2)29-40(55)9)51-31-50(43-21-15-12-18-36(43)5)46-23-22-44-48(41-19-13-10-16-34(41)3)30-49(42-20-14-11-17-35(42)4)45-24-25-47(51)53(46)52(44)45/h10-31H,1-9H3. The van der Waals surface area contributed by atoms with Crippen LogP contribution in [0.1, 0.15) is 50.1 Å². The fraction of sp³-hybridized carbons (Fsp3) is 0.164. The monoisotopic (exact) mass is 720 g/mol. The van der Waals surface area contributed by atoms with Crippen LogP contribution in [-0.2, 0) is 0 Å². The van der Waals surface area contributed by atoms with Gasteiger partial charge in [-0.25, -0.2) is 0 Å². The molecule has 272 valence electrons. The summed E-state index contributed by atoms with van der Waals surface area (Å²) in [5.41, 5.74) is 23.8. The molecule has 0 aliphatic heterocycles. The third-order valence-electron chi connectivity index (χ3n) is 12.6. The van der Waals surface area contributed by atoms with Gasteiger partial charge in [-0.3, -0.25) is 0 Å². The number of aryl methyl sites for hydroxylation is 9. The van der Waals surface area contributed by atoms with E-state index < -0.39 is 0 Å². The first-order valence-corrected chi connectivity index (χ1v) is 20.1. The van der Waals surface area contributed by atoms with E-state index in [4.69, 9.17) is 0 Å². The number of hydrogen-bond acceptors (Lipinski definition) is 0. The number of rotatable bonds is 6. The van der Waals surface area contributed by atoms with Crippen LogP contribution in [0.2, 0.25) is 0 Å². The summed E-state index contributed by atoms with van der Waals surface area (Å²) in [6.45, 7) is 20.5. The van der Waals surface area contributed by atoms with Crippen molar-refractivity contribution in [3.63, 3.8) is 0 Å². The molecule has 0 radical (unpaired) electrons. The quantitative estimate of drug-likeness (QED) is 0.119. The normalized spacial score (nSPS) is 11.7. The summed E-state index contributed by atoms with van der Waals surface area (Å²) in [6, 6.07) is 51.0. The van der Waals surface area contributed by atoms with Crippen molar-refractivity contribution in [2.45, 2.75) is 62.3 Å². The van der Waals surface area contributed by atoms with Gasteiger partial charge in [-0.15, -0.1) is 0 Å². The molecule has 0 spiro atoms. The van der Waals surface area contributed by atoms with Crippen molar-refractivity contribution in [1.29, 1.82) is 0 Å². The highest BCUT2D eigenvalue weighted by atomic mass is 14.2. The Balaban J connectivity index is 1.53. The average molecular weight is 721 g/mol. The second-order valence-electron chi connectivity index (χ2n) is 16.6. The summed E-state index contributed by atoms with van der Waals surface area (Å²) in [5, 5.41) is 7.96. The van der Waals surface area contributed by atoms with Gasteiger partial charge in [-0.1, -0.05) is 177 Å². The van der Waals surface area contributed by atoms with Gasteiger partial charge in [0.05, 0.1) is 0 Å². The molecule has 0 atom stereocenters. The first kappa shape index (κ1) is 35.8. The van der Waals surface area contributed by atoms with Crippen LogP contribution in [0.15, 0.2) is 133 Å². The van der Waals surface area contributed by atoms with Gasteiger partial charge in [-0.05, 0) is 151 Å². The van der Waals surface area contributed by atoms with Crippen molar-refractivity contribution >= 4 is 55.4 Å². The van der Waals surface area contributed by atoms with E-state index in [-0.39, 0.29) is 6.71 Å². The Morgan fingerprint density at radius 2 is 0.607 bits per heavy atom. The van der Waals surface area contributed by atoms with E-state index in [0.717, 1.165) is 0 Å². The van der Waals surface area contributed by atoms with Gasteiger partial charge in [0.15, 0.2) is 0 Å². The van der Waals surface area contributed by atoms with Gasteiger partial charge in [0.1, 0.15) is 0 Å². The molecule has 0 heterocycles. The zero-order valence-corrected chi connectivity index (χ0v) is 34.3. The maximum atomic E-state index is 2.57. The zero-order valence-electron chi connectivity index (χ0n) is 34.3. The van der Waals surface area contributed by atoms with Crippen molar-refractivity contribution in [2.24, 2.45) is 0 Å². The van der Waals surface area contributed by atoms with Crippen LogP contribution in [0.25, 0.3) is 65.7 Å². The van der Waals surface area contributed by atoms with E-state index >= 15 is 0 Å². The van der Waals surface area contributed by atoms with Crippen LogP contribution in [0.5, 0.6) is 0 Å². The molecule has 0 aliphatic carbocycles. The largest absolute Gasteiger partial charge is 0.243 e. The van der Waals surface area contributed by atoms with Crippen molar-refractivity contribution in [1.82, 2.24) is 0 Å². The third kappa shape index (κ3) is 5.67. The van der Waals surface area contributed by atoms with Crippen LogP contribution in [0.3, 0.4) is 0 Å². The summed E-state index contributed by atoms with van der Waals surface area (Å²) in [4.78, 5) is 0. The van der Waals surface area contributed by atoms with Crippen LogP contribution >= 0.6 is 0 Å². The highest BCUT2D eigenvalue weighted by molar-refractivity contribution is 6.98. The second kappa shape index (κ2) is 13.7. The maximum Gasteiger partial charge on any atom is 0.243 e. The third-order valence-corrected chi connectivity index (χ3v) is 12.6. The highest BCUT2D eigenvalue weighted by Crippen LogP contribution is 2.47. The molecule has 0 saturated heterocycles. The lowest BCUT2D eigenvalue weighted by Crippen LogP contribution is -2.56. The van der Waals surface area contributed by atoms with Crippen molar-refractivity contribution in [2.75, 3.05) is 0 Å². The Morgan fingerprint density at radius 3 is 0.982 bits per heavy atom. The molecule has 0 aromatic heterocycles. The molecule has 1 heteroatoms. The van der Waals surface area contributed by atoms with Gasteiger partial charge in [0.25, 0.3) is 0 Å². The number of benzene rings is 9. The summed E-state index contributed by atoms with van der Waals surface area (Å²) in [6.07, 6.45) is 0. The molecule has 9 aromatic carbocycles. The predicted octanol–water partition coefficient (Wildman–Crippen LogP) is 12.9. The van der Waals surface area contributed by atoms with E-state index in [1.807, 2.05) is 0 Å². The fourth-order valence-electron chi connectivity index (χ4n) is 10.3. The van der Waals surface area contributed by atoms with Crippen molar-refractivity contribution in [3.05, 3.63) is 184 Å². The molecular formula is C55H49B. The molecule has 0 fully saturated rings. The number of hydrogen-bond donors (Lipinski definition) is 0. The highest BCUT2D eigenvalue weighted by Gasteiger charge is 2.32. The fourth-order valence-corrected chi connectivity index (χ4v) is 10.3. The second-order valence-corrected chi connectivity index (χ2v) is 16.6. The Labute approximate surface area is 333 Å². The van der Waals surface area contributed by atoms with Gasteiger partial charge in [0, 0.05) is 0 Å². The minimum Gasteiger partial charge on any atom is -0.0629 e. The summed E-state index contributed by atoms with van der Waals surface area (Å²) >= 11 is 0. The minimum atomic E-state index is 0.0372. The van der Waals surface area contributed by atoms with Gasteiger partial charge >= 0.3 is 0 Å². The predicted molar refractivity (Wildman–Crippen MR) is 247 cm³/mol. The molecule has 0 amide bonds. The van der Waals surface area contributed by atoms with Crippen LogP contribution < -0.4 is 16.4 Å². The molecule has 9 rings (SSSR count). The van der Waals surface area contributed by atoms with Gasteiger partial charge in [0.2, 0.25) is 6.71 Å². The van der Waals surface area contributed by atoms with Crippen LogP contribution in [0, 0.1) is 62.3 Å². The Kier molecular flexibility index (Phi) is 8.74. The zero-order chi connectivity index (χ0) is 39.0. The Morgan fingerprint density at radius 1 is 0.286 bits per heavy atom. The minimum absolute atomic E-state index is 0.0372. The lowest BCUT2D eigenvalue weighted by molar-refractivity contribution is 1.34. The molecule has 0 unspecified atom stereocenters. The molecule has 0 saturated carbocycles. The Hall–Kier alpha value is -5.92. The van der Waals surface area contributed by atoms with E-state index in [1.54, 1.807) is 0 Å². The molecule has 0 aliphatic rings. The molecule has 0 N–H and O–H groups in total. The smallest absolute Gasteiger partial charge is 0.0629 e. The van der Waals surface area contributed by atoms with E-state index in [0.29, 0.717) is 0 Å². The SMILES string of the molecule is Cc1cc(C)c(B(c2c(C)cc(C)cc2C)c2cc(-c3ccccc3C)c3ccc4c(-c5ccccc5C)cc(-c5ccccc5C)c5ccc2c3c54)c(C)c1. The topological polar surface area (TPSA) is 0 Å². The molecule has 9 aromatic rings. The van der Waals surface area contributed by atoms with Crippen LogP contribution in [-0.4, -0.2) is 6.71 Å². The lowest BCUT2D eigenvalue weighted by Gasteiger charge is -2.28. The molecule has 0 nitrogen and oxygen atoms in total. The van der Waals surface area contributed by atoms with E-state index in [1.165, 1.54) is 132 Å². The Bertz CT molecular complexity index is 2840. The summed E-state index contributed by atoms with van der Waals surface area (Å²) < 4.78 is 0.